The SMILES string of the molecule is CNC(=O)NC(=O)C(C)OC(=O)c1oc2ccccc2c1CSCc1ccccc1. The van der Waals surface area contributed by atoms with E-state index in [1.165, 1.54) is 19.5 Å². The smallest absolute Gasteiger partial charge is 0.375 e. The number of urea groups is 1. The van der Waals surface area contributed by atoms with Crippen molar-refractivity contribution in [2.24, 2.45) is 0 Å². The molecule has 1 unspecified atom stereocenters. The first kappa shape index (κ1) is 21.4. The van der Waals surface area contributed by atoms with Gasteiger partial charge in [0.2, 0.25) is 5.76 Å². The van der Waals surface area contributed by atoms with E-state index < -0.39 is 24.0 Å². The number of ether oxygens (including phenoxy) is 1. The third-order valence-electron chi connectivity index (χ3n) is 4.36. The lowest BCUT2D eigenvalue weighted by Crippen LogP contribution is -2.43. The maximum absolute atomic E-state index is 12.7. The molecule has 3 rings (SSSR count). The first-order chi connectivity index (χ1) is 14.5. The Morgan fingerprint density at radius 3 is 2.47 bits per heavy atom. The summed E-state index contributed by atoms with van der Waals surface area (Å²) in [5.41, 5.74) is 2.47. The molecule has 2 N–H and O–H groups in total. The number of fused-ring (bicyclic) bond motifs is 1. The topological polar surface area (TPSA) is 97.6 Å². The summed E-state index contributed by atoms with van der Waals surface area (Å²) in [6.45, 7) is 1.39. The fraction of sp³-hybridized carbons (Fsp3) is 0.227. The van der Waals surface area contributed by atoms with Gasteiger partial charge in [0.15, 0.2) is 6.10 Å². The fourth-order valence-corrected chi connectivity index (χ4v) is 3.82. The number of carbonyl (C=O) groups excluding carboxylic acids is 3. The molecule has 0 saturated carbocycles. The molecule has 3 aromatic rings. The van der Waals surface area contributed by atoms with Crippen molar-refractivity contribution in [2.45, 2.75) is 24.5 Å². The van der Waals surface area contributed by atoms with Crippen molar-refractivity contribution in [2.75, 3.05) is 7.05 Å². The number of hydrogen-bond donors (Lipinski definition) is 2. The molecule has 30 heavy (non-hydrogen) atoms. The molecule has 0 aliphatic carbocycles. The lowest BCUT2D eigenvalue weighted by molar-refractivity contribution is -0.128. The van der Waals surface area contributed by atoms with E-state index in [2.05, 4.69) is 10.6 Å². The third-order valence-corrected chi connectivity index (χ3v) is 5.39. The van der Waals surface area contributed by atoms with Crippen LogP contribution in [0, 0.1) is 0 Å². The van der Waals surface area contributed by atoms with Crippen LogP contribution >= 0.6 is 11.8 Å². The number of para-hydroxylation sites is 1. The number of furan rings is 1. The molecule has 0 spiro atoms. The standard InChI is InChI=1S/C22H22N2O5S/c1-14(20(25)24-22(27)23-2)28-21(26)19-17(16-10-6-7-11-18(16)29-19)13-30-12-15-8-4-3-5-9-15/h3-11,14H,12-13H2,1-2H3,(H2,23,24,25,27). The van der Waals surface area contributed by atoms with Crippen LogP contribution < -0.4 is 10.6 Å². The van der Waals surface area contributed by atoms with Crippen LogP contribution in [0.3, 0.4) is 0 Å². The number of benzene rings is 2. The molecule has 0 radical (unpaired) electrons. The molecule has 1 heterocycles. The van der Waals surface area contributed by atoms with Gasteiger partial charge in [-0.2, -0.15) is 11.8 Å². The molecular formula is C22H22N2O5S. The Balaban J connectivity index is 1.75. The van der Waals surface area contributed by atoms with E-state index in [1.54, 1.807) is 17.8 Å². The first-order valence-electron chi connectivity index (χ1n) is 9.35. The second-order valence-electron chi connectivity index (χ2n) is 6.50. The maximum Gasteiger partial charge on any atom is 0.375 e. The summed E-state index contributed by atoms with van der Waals surface area (Å²) in [6, 6.07) is 16.7. The van der Waals surface area contributed by atoms with Crippen molar-refractivity contribution in [3.8, 4) is 0 Å². The predicted molar refractivity (Wildman–Crippen MR) is 115 cm³/mol. The van der Waals surface area contributed by atoms with Crippen LogP contribution in [0.1, 0.15) is 28.6 Å². The molecule has 7 nitrogen and oxygen atoms in total. The highest BCUT2D eigenvalue weighted by Gasteiger charge is 2.26. The minimum absolute atomic E-state index is 0.0661. The number of esters is 1. The van der Waals surface area contributed by atoms with E-state index in [0.717, 1.165) is 16.7 Å². The van der Waals surface area contributed by atoms with E-state index in [4.69, 9.17) is 9.15 Å². The Bertz CT molecular complexity index is 1050. The molecule has 0 fully saturated rings. The van der Waals surface area contributed by atoms with Crippen molar-refractivity contribution in [1.82, 2.24) is 10.6 Å². The molecule has 1 aromatic heterocycles. The maximum atomic E-state index is 12.7. The minimum atomic E-state index is -1.16. The van der Waals surface area contributed by atoms with Crippen molar-refractivity contribution in [3.63, 3.8) is 0 Å². The molecule has 0 aliphatic rings. The molecule has 2 aromatic carbocycles. The molecule has 3 amide bonds. The molecule has 0 bridgehead atoms. The molecule has 0 saturated heterocycles. The highest BCUT2D eigenvalue weighted by Crippen LogP contribution is 2.31. The highest BCUT2D eigenvalue weighted by molar-refractivity contribution is 7.97. The van der Waals surface area contributed by atoms with Gasteiger partial charge in [-0.3, -0.25) is 10.1 Å². The molecule has 0 aliphatic heterocycles. The summed E-state index contributed by atoms with van der Waals surface area (Å²) in [5.74, 6) is -0.0918. The Hall–Kier alpha value is -3.26. The van der Waals surface area contributed by atoms with Crippen LogP contribution in [0.25, 0.3) is 11.0 Å². The van der Waals surface area contributed by atoms with Crippen LogP contribution in [-0.4, -0.2) is 31.1 Å². The predicted octanol–water partition coefficient (Wildman–Crippen LogP) is 3.87. The third kappa shape index (κ3) is 5.21. The Morgan fingerprint density at radius 2 is 1.73 bits per heavy atom. The largest absolute Gasteiger partial charge is 0.449 e. The van der Waals surface area contributed by atoms with Gasteiger partial charge < -0.3 is 14.5 Å². The van der Waals surface area contributed by atoms with E-state index in [1.807, 2.05) is 48.5 Å². The number of hydrogen-bond acceptors (Lipinski definition) is 6. The van der Waals surface area contributed by atoms with Gasteiger partial charge >= 0.3 is 12.0 Å². The van der Waals surface area contributed by atoms with E-state index in [9.17, 15) is 14.4 Å². The quantitative estimate of drug-likeness (QED) is 0.557. The molecule has 8 heteroatoms. The van der Waals surface area contributed by atoms with Gasteiger partial charge in [0.05, 0.1) is 0 Å². The van der Waals surface area contributed by atoms with E-state index >= 15 is 0 Å². The summed E-state index contributed by atoms with van der Waals surface area (Å²) in [4.78, 5) is 36.0. The van der Waals surface area contributed by atoms with Crippen LogP contribution in [0.15, 0.2) is 59.0 Å². The monoisotopic (exact) mass is 426 g/mol. The van der Waals surface area contributed by atoms with Gasteiger partial charge in [-0.15, -0.1) is 0 Å². The lowest BCUT2D eigenvalue weighted by Gasteiger charge is -2.12. The second-order valence-corrected chi connectivity index (χ2v) is 7.49. The number of thioether (sulfide) groups is 1. The summed E-state index contributed by atoms with van der Waals surface area (Å²) in [6.07, 6.45) is -1.16. The van der Waals surface area contributed by atoms with Crippen molar-refractivity contribution < 1.29 is 23.5 Å². The van der Waals surface area contributed by atoms with Crippen molar-refractivity contribution in [3.05, 3.63) is 71.5 Å². The Labute approximate surface area is 178 Å². The van der Waals surface area contributed by atoms with Gasteiger partial charge in [0.25, 0.3) is 5.91 Å². The summed E-state index contributed by atoms with van der Waals surface area (Å²) < 4.78 is 11.0. The fourth-order valence-electron chi connectivity index (χ4n) is 2.80. The van der Waals surface area contributed by atoms with Gasteiger partial charge in [0, 0.05) is 29.5 Å². The van der Waals surface area contributed by atoms with Crippen LogP contribution in [0.2, 0.25) is 0 Å². The molecular weight excluding hydrogens is 404 g/mol. The van der Waals surface area contributed by atoms with Crippen LogP contribution in [0.5, 0.6) is 0 Å². The van der Waals surface area contributed by atoms with Crippen molar-refractivity contribution >= 4 is 40.6 Å². The zero-order valence-electron chi connectivity index (χ0n) is 16.6. The summed E-state index contributed by atoms with van der Waals surface area (Å²) >= 11 is 1.65. The highest BCUT2D eigenvalue weighted by atomic mass is 32.2. The van der Waals surface area contributed by atoms with Gasteiger partial charge in [-0.25, -0.2) is 9.59 Å². The zero-order valence-corrected chi connectivity index (χ0v) is 17.5. The van der Waals surface area contributed by atoms with Gasteiger partial charge in [-0.1, -0.05) is 48.5 Å². The van der Waals surface area contributed by atoms with E-state index in [-0.39, 0.29) is 5.76 Å². The number of nitrogens with one attached hydrogen (secondary N) is 2. The summed E-state index contributed by atoms with van der Waals surface area (Å²) in [5, 5.41) is 5.17. The summed E-state index contributed by atoms with van der Waals surface area (Å²) in [7, 11) is 1.38. The number of carbonyl (C=O) groups is 3. The Morgan fingerprint density at radius 1 is 1.03 bits per heavy atom. The van der Waals surface area contributed by atoms with Gasteiger partial charge in [0.1, 0.15) is 5.58 Å². The molecule has 156 valence electrons. The number of amides is 3. The second kappa shape index (κ2) is 9.98. The van der Waals surface area contributed by atoms with Crippen LogP contribution in [0.4, 0.5) is 4.79 Å². The molecule has 1 atom stereocenters. The average Bonchev–Trinajstić information content (AvgIpc) is 3.13. The minimum Gasteiger partial charge on any atom is -0.449 e. The normalized spacial score (nSPS) is 11.7. The zero-order chi connectivity index (χ0) is 21.5. The van der Waals surface area contributed by atoms with Crippen molar-refractivity contribution in [1.29, 1.82) is 0 Å². The number of rotatable bonds is 7. The van der Waals surface area contributed by atoms with E-state index in [0.29, 0.717) is 11.3 Å². The average molecular weight is 426 g/mol. The van der Waals surface area contributed by atoms with Crippen LogP contribution in [-0.2, 0) is 21.0 Å². The lowest BCUT2D eigenvalue weighted by atomic mass is 10.1. The van der Waals surface area contributed by atoms with Gasteiger partial charge in [-0.05, 0) is 18.6 Å². The Kier molecular flexibility index (Phi) is 7.13. The number of imide groups is 1. The first-order valence-corrected chi connectivity index (χ1v) is 10.5.